The molecule has 1 aliphatic heterocycles. The number of urea groups is 1. The molecule has 1 saturated heterocycles. The van der Waals surface area contributed by atoms with Crippen molar-refractivity contribution in [3.63, 3.8) is 0 Å². The van der Waals surface area contributed by atoms with E-state index >= 15 is 0 Å². The molecule has 3 aromatic carbocycles. The quantitative estimate of drug-likeness (QED) is 0.524. The molecule has 0 spiro atoms. The van der Waals surface area contributed by atoms with Gasteiger partial charge >= 0.3 is 6.03 Å². The number of amides is 2. The van der Waals surface area contributed by atoms with Crippen LogP contribution in [-0.2, 0) is 0 Å². The smallest absolute Gasteiger partial charge is 0.323 e. The molecule has 1 fully saturated rings. The topological polar surface area (TPSA) is 44.4 Å². The van der Waals surface area contributed by atoms with Crippen molar-refractivity contribution >= 4 is 23.1 Å². The summed E-state index contributed by atoms with van der Waals surface area (Å²) >= 11 is 0. The first-order valence-electron chi connectivity index (χ1n) is 10.6. The number of nitrogens with one attached hydrogen (secondary N) is 2. The third-order valence-electron chi connectivity index (χ3n) is 5.85. The van der Waals surface area contributed by atoms with Gasteiger partial charge in [0.25, 0.3) is 0 Å². The highest BCUT2D eigenvalue weighted by atomic mass is 16.2. The molecule has 0 unspecified atom stereocenters. The van der Waals surface area contributed by atoms with Crippen molar-refractivity contribution in [3.05, 3.63) is 77.4 Å². The summed E-state index contributed by atoms with van der Waals surface area (Å²) in [6, 6.07) is 19.9. The van der Waals surface area contributed by atoms with E-state index in [4.69, 9.17) is 0 Å². The van der Waals surface area contributed by atoms with Crippen LogP contribution in [0.4, 0.5) is 21.9 Å². The first kappa shape index (κ1) is 20.0. The maximum absolute atomic E-state index is 13.0. The Kier molecular flexibility index (Phi) is 5.75. The molecular formula is C26H29N3O. The van der Waals surface area contributed by atoms with Crippen LogP contribution in [0.15, 0.2) is 60.7 Å². The van der Waals surface area contributed by atoms with Gasteiger partial charge in [-0.1, -0.05) is 54.6 Å². The number of hydrogen-bond acceptors (Lipinski definition) is 2. The van der Waals surface area contributed by atoms with Crippen LogP contribution < -0.4 is 15.5 Å². The Morgan fingerprint density at radius 2 is 1.50 bits per heavy atom. The summed E-state index contributed by atoms with van der Waals surface area (Å²) in [6.45, 7) is 8.50. The molecule has 0 radical (unpaired) electrons. The van der Waals surface area contributed by atoms with Crippen LogP contribution in [0.3, 0.4) is 0 Å². The second-order valence-electron chi connectivity index (χ2n) is 8.04. The van der Waals surface area contributed by atoms with E-state index in [1.807, 2.05) is 42.5 Å². The van der Waals surface area contributed by atoms with Crippen LogP contribution >= 0.6 is 0 Å². The zero-order chi connectivity index (χ0) is 21.1. The highest BCUT2D eigenvalue weighted by Gasteiger charge is 2.20. The van der Waals surface area contributed by atoms with Gasteiger partial charge in [-0.25, -0.2) is 4.79 Å². The average Bonchev–Trinajstić information content (AvgIpc) is 3.26. The minimum Gasteiger partial charge on any atom is -0.371 e. The fourth-order valence-corrected chi connectivity index (χ4v) is 4.52. The van der Waals surface area contributed by atoms with Crippen LogP contribution in [-0.4, -0.2) is 19.1 Å². The lowest BCUT2D eigenvalue weighted by atomic mass is 10.0. The van der Waals surface area contributed by atoms with Crippen LogP contribution in [0.25, 0.3) is 11.1 Å². The largest absolute Gasteiger partial charge is 0.371 e. The van der Waals surface area contributed by atoms with E-state index in [0.29, 0.717) is 0 Å². The number of nitrogens with zero attached hydrogens (tertiary/aromatic N) is 1. The van der Waals surface area contributed by atoms with Crippen molar-refractivity contribution in [3.8, 4) is 11.1 Å². The summed E-state index contributed by atoms with van der Waals surface area (Å²) in [7, 11) is 0. The maximum atomic E-state index is 13.0. The van der Waals surface area contributed by atoms with Gasteiger partial charge < -0.3 is 15.5 Å². The highest BCUT2D eigenvalue weighted by molar-refractivity contribution is 6.03. The first-order chi connectivity index (χ1) is 14.5. The average molecular weight is 400 g/mol. The van der Waals surface area contributed by atoms with Crippen molar-refractivity contribution in [1.29, 1.82) is 0 Å². The lowest BCUT2D eigenvalue weighted by Gasteiger charge is -2.26. The van der Waals surface area contributed by atoms with E-state index in [1.54, 1.807) is 0 Å². The number of anilines is 3. The molecular weight excluding hydrogens is 370 g/mol. The Balaban J connectivity index is 1.59. The molecule has 2 amide bonds. The molecule has 1 heterocycles. The molecule has 4 nitrogen and oxygen atoms in total. The molecule has 4 heteroatoms. The minimum atomic E-state index is -0.221. The van der Waals surface area contributed by atoms with E-state index < -0.39 is 0 Å². The lowest BCUT2D eigenvalue weighted by molar-refractivity contribution is 0.262. The number of aryl methyl sites for hydroxylation is 2. The second-order valence-corrected chi connectivity index (χ2v) is 8.04. The van der Waals surface area contributed by atoms with Crippen molar-refractivity contribution in [2.24, 2.45) is 0 Å². The van der Waals surface area contributed by atoms with Gasteiger partial charge in [-0.3, -0.25) is 0 Å². The Bertz CT molecular complexity index is 1050. The molecule has 3 aromatic rings. The second kappa shape index (κ2) is 8.62. The van der Waals surface area contributed by atoms with E-state index in [9.17, 15) is 4.79 Å². The van der Waals surface area contributed by atoms with E-state index in [0.717, 1.165) is 46.7 Å². The Morgan fingerprint density at radius 1 is 0.833 bits per heavy atom. The molecule has 1 aliphatic rings. The molecule has 0 bridgehead atoms. The third-order valence-corrected chi connectivity index (χ3v) is 5.85. The van der Waals surface area contributed by atoms with E-state index in [1.165, 1.54) is 24.1 Å². The fraction of sp³-hybridized carbons (Fsp3) is 0.269. The number of hydrogen-bond donors (Lipinski definition) is 2. The Labute approximate surface area is 178 Å². The summed E-state index contributed by atoms with van der Waals surface area (Å²) < 4.78 is 0. The number of benzene rings is 3. The normalized spacial score (nSPS) is 13.4. The summed E-state index contributed by atoms with van der Waals surface area (Å²) in [4.78, 5) is 15.4. The predicted octanol–water partition coefficient (Wildman–Crippen LogP) is 6.52. The Morgan fingerprint density at radius 3 is 2.23 bits per heavy atom. The van der Waals surface area contributed by atoms with Crippen LogP contribution in [0.2, 0.25) is 0 Å². The van der Waals surface area contributed by atoms with Crippen LogP contribution in [0, 0.1) is 20.8 Å². The predicted molar refractivity (Wildman–Crippen MR) is 127 cm³/mol. The van der Waals surface area contributed by atoms with Crippen molar-refractivity contribution in [2.45, 2.75) is 33.6 Å². The van der Waals surface area contributed by atoms with Gasteiger partial charge in [-0.05, 0) is 61.9 Å². The van der Waals surface area contributed by atoms with Crippen LogP contribution in [0.5, 0.6) is 0 Å². The number of carbonyl (C=O) groups is 1. The monoisotopic (exact) mass is 399 g/mol. The van der Waals surface area contributed by atoms with Gasteiger partial charge in [-0.15, -0.1) is 0 Å². The molecule has 154 valence electrons. The van der Waals surface area contributed by atoms with Gasteiger partial charge in [0.15, 0.2) is 0 Å². The summed E-state index contributed by atoms with van der Waals surface area (Å²) in [5, 5.41) is 6.17. The zero-order valence-electron chi connectivity index (χ0n) is 18.0. The summed E-state index contributed by atoms with van der Waals surface area (Å²) in [5.74, 6) is 0. The highest BCUT2D eigenvalue weighted by Crippen LogP contribution is 2.35. The first-order valence-corrected chi connectivity index (χ1v) is 10.6. The number of rotatable bonds is 4. The maximum Gasteiger partial charge on any atom is 0.323 e. The molecule has 4 rings (SSSR count). The molecule has 30 heavy (non-hydrogen) atoms. The van der Waals surface area contributed by atoms with Gasteiger partial charge in [-0.2, -0.15) is 0 Å². The van der Waals surface area contributed by atoms with E-state index in [2.05, 4.69) is 54.5 Å². The third kappa shape index (κ3) is 4.04. The van der Waals surface area contributed by atoms with Crippen molar-refractivity contribution < 1.29 is 4.79 Å². The number of para-hydroxylation sites is 1. The van der Waals surface area contributed by atoms with Crippen molar-refractivity contribution in [2.75, 3.05) is 28.6 Å². The van der Waals surface area contributed by atoms with Gasteiger partial charge in [0, 0.05) is 24.3 Å². The van der Waals surface area contributed by atoms with Gasteiger partial charge in [0.05, 0.1) is 11.4 Å². The number of carbonyl (C=O) groups excluding carboxylic acids is 1. The molecule has 0 saturated carbocycles. The molecule has 0 atom stereocenters. The Hall–Kier alpha value is -3.27. The summed E-state index contributed by atoms with van der Waals surface area (Å²) in [5.41, 5.74) is 8.53. The zero-order valence-corrected chi connectivity index (χ0v) is 18.0. The van der Waals surface area contributed by atoms with Crippen molar-refractivity contribution in [1.82, 2.24) is 0 Å². The van der Waals surface area contributed by atoms with E-state index in [-0.39, 0.29) is 6.03 Å². The SMILES string of the molecule is Cc1cc(C)c(N2CCCC2)c(C)c1NC(=O)Nc1ccccc1-c1ccccc1. The van der Waals surface area contributed by atoms with Gasteiger partial charge in [0.2, 0.25) is 0 Å². The fourth-order valence-electron chi connectivity index (χ4n) is 4.52. The van der Waals surface area contributed by atoms with Crippen LogP contribution in [0.1, 0.15) is 29.5 Å². The van der Waals surface area contributed by atoms with Gasteiger partial charge in [0.1, 0.15) is 0 Å². The lowest BCUT2D eigenvalue weighted by Crippen LogP contribution is -2.24. The standard InChI is InChI=1S/C26H29N3O/c1-18-17-19(2)25(29-15-9-10-16-29)20(3)24(18)28-26(30)27-23-14-8-7-13-22(23)21-11-5-4-6-12-21/h4-8,11-14,17H,9-10,15-16H2,1-3H3,(H2,27,28,30). The molecule has 2 N–H and O–H groups in total. The molecule has 0 aromatic heterocycles. The summed E-state index contributed by atoms with van der Waals surface area (Å²) in [6.07, 6.45) is 2.46. The molecule has 0 aliphatic carbocycles. The minimum absolute atomic E-state index is 0.221.